The third kappa shape index (κ3) is 2.76. The summed E-state index contributed by atoms with van der Waals surface area (Å²) in [4.78, 5) is 3.98. The SMILES string of the molecule is CNCC1CCCCN1Cc1nnn(C)n1. The summed E-state index contributed by atoms with van der Waals surface area (Å²) in [6.45, 7) is 3.01. The second kappa shape index (κ2) is 5.36. The Bertz CT molecular complexity index is 321. The standard InChI is InChI=1S/C10H20N6/c1-11-7-9-5-3-4-6-16(9)8-10-12-14-15(2)13-10/h9,11H,3-8H2,1-2H3. The van der Waals surface area contributed by atoms with Crippen LogP contribution in [0.1, 0.15) is 25.1 Å². The summed E-state index contributed by atoms with van der Waals surface area (Å²) in [6.07, 6.45) is 3.87. The van der Waals surface area contributed by atoms with Gasteiger partial charge >= 0.3 is 0 Å². The molecule has 90 valence electrons. The molecule has 1 aliphatic rings. The lowest BCUT2D eigenvalue weighted by Crippen LogP contribution is -2.44. The molecule has 1 saturated heterocycles. The lowest BCUT2D eigenvalue weighted by molar-refractivity contribution is 0.135. The van der Waals surface area contributed by atoms with Gasteiger partial charge in [-0.2, -0.15) is 4.80 Å². The monoisotopic (exact) mass is 224 g/mol. The predicted octanol–water partition coefficient (Wildman–Crippen LogP) is -0.216. The zero-order chi connectivity index (χ0) is 11.4. The van der Waals surface area contributed by atoms with Gasteiger partial charge in [0.05, 0.1) is 13.6 Å². The summed E-state index contributed by atoms with van der Waals surface area (Å²) in [5.74, 6) is 0.825. The lowest BCUT2D eigenvalue weighted by Gasteiger charge is -2.34. The van der Waals surface area contributed by atoms with Crippen LogP contribution >= 0.6 is 0 Å². The Balaban J connectivity index is 1.95. The fraction of sp³-hybridized carbons (Fsp3) is 0.900. The summed E-state index contributed by atoms with van der Waals surface area (Å²) >= 11 is 0. The number of likely N-dealkylation sites (N-methyl/N-ethyl adjacent to an activating group) is 1. The molecule has 0 aromatic carbocycles. The molecule has 0 bridgehead atoms. The van der Waals surface area contributed by atoms with Crippen molar-refractivity contribution < 1.29 is 0 Å². The molecule has 0 aliphatic carbocycles. The second-order valence-corrected chi connectivity index (χ2v) is 4.37. The first-order chi connectivity index (χ1) is 7.79. The van der Waals surface area contributed by atoms with Gasteiger partial charge in [0.1, 0.15) is 0 Å². The van der Waals surface area contributed by atoms with Gasteiger partial charge in [-0.1, -0.05) is 6.42 Å². The maximum atomic E-state index is 4.23. The normalized spacial score (nSPS) is 22.5. The summed E-state index contributed by atoms with van der Waals surface area (Å²) in [7, 11) is 3.81. The Morgan fingerprint density at radius 1 is 1.44 bits per heavy atom. The largest absolute Gasteiger partial charge is 0.318 e. The van der Waals surface area contributed by atoms with Crippen molar-refractivity contribution in [2.24, 2.45) is 7.05 Å². The van der Waals surface area contributed by atoms with Gasteiger partial charge in [0, 0.05) is 12.6 Å². The molecule has 1 aromatic rings. The molecule has 1 aliphatic heterocycles. The van der Waals surface area contributed by atoms with Gasteiger partial charge in [0.2, 0.25) is 0 Å². The Labute approximate surface area is 96.0 Å². The molecule has 2 heterocycles. The molecule has 1 atom stereocenters. The maximum Gasteiger partial charge on any atom is 0.188 e. The lowest BCUT2D eigenvalue weighted by atomic mass is 10.0. The number of nitrogens with one attached hydrogen (secondary N) is 1. The predicted molar refractivity (Wildman–Crippen MR) is 60.8 cm³/mol. The van der Waals surface area contributed by atoms with E-state index in [4.69, 9.17) is 0 Å². The van der Waals surface area contributed by atoms with Crippen molar-refractivity contribution in [1.82, 2.24) is 30.4 Å². The number of hydrogen-bond donors (Lipinski definition) is 1. The number of rotatable bonds is 4. The van der Waals surface area contributed by atoms with Gasteiger partial charge in [-0.3, -0.25) is 4.90 Å². The summed E-state index contributed by atoms with van der Waals surface area (Å²) in [5.41, 5.74) is 0. The summed E-state index contributed by atoms with van der Waals surface area (Å²) in [6, 6.07) is 0.613. The van der Waals surface area contributed by atoms with Gasteiger partial charge in [-0.25, -0.2) is 0 Å². The van der Waals surface area contributed by atoms with Crippen molar-refractivity contribution in [1.29, 1.82) is 0 Å². The van der Waals surface area contributed by atoms with Crippen LogP contribution in [0.2, 0.25) is 0 Å². The zero-order valence-corrected chi connectivity index (χ0v) is 10.1. The van der Waals surface area contributed by atoms with Gasteiger partial charge in [0.15, 0.2) is 5.82 Å². The highest BCUT2D eigenvalue weighted by atomic mass is 15.6. The Morgan fingerprint density at radius 3 is 3.00 bits per heavy atom. The highest BCUT2D eigenvalue weighted by Gasteiger charge is 2.22. The Kier molecular flexibility index (Phi) is 3.84. The fourth-order valence-electron chi connectivity index (χ4n) is 2.30. The van der Waals surface area contributed by atoms with E-state index in [1.807, 2.05) is 7.05 Å². The Morgan fingerprint density at radius 2 is 2.31 bits per heavy atom. The van der Waals surface area contributed by atoms with Crippen LogP contribution in [0.3, 0.4) is 0 Å². The minimum atomic E-state index is 0.613. The first kappa shape index (κ1) is 11.5. The highest BCUT2D eigenvalue weighted by Crippen LogP contribution is 2.17. The van der Waals surface area contributed by atoms with Crippen molar-refractivity contribution in [3.63, 3.8) is 0 Å². The van der Waals surface area contributed by atoms with Crippen LogP contribution in [-0.2, 0) is 13.6 Å². The molecule has 0 spiro atoms. The van der Waals surface area contributed by atoms with Crippen LogP contribution in [0.4, 0.5) is 0 Å². The molecular formula is C10H20N6. The number of nitrogens with zero attached hydrogens (tertiary/aromatic N) is 5. The molecule has 1 aromatic heterocycles. The Hall–Kier alpha value is -1.01. The molecule has 2 rings (SSSR count). The van der Waals surface area contributed by atoms with Crippen molar-refractivity contribution in [3.05, 3.63) is 5.82 Å². The van der Waals surface area contributed by atoms with E-state index in [0.717, 1.165) is 25.5 Å². The summed E-state index contributed by atoms with van der Waals surface area (Å²) in [5, 5.41) is 15.4. The van der Waals surface area contributed by atoms with E-state index in [0.29, 0.717) is 6.04 Å². The van der Waals surface area contributed by atoms with Crippen molar-refractivity contribution in [2.45, 2.75) is 31.8 Å². The van der Waals surface area contributed by atoms with E-state index >= 15 is 0 Å². The van der Waals surface area contributed by atoms with Crippen molar-refractivity contribution in [2.75, 3.05) is 20.1 Å². The van der Waals surface area contributed by atoms with E-state index in [1.54, 1.807) is 7.05 Å². The topological polar surface area (TPSA) is 58.9 Å². The van der Waals surface area contributed by atoms with Crippen LogP contribution in [0.5, 0.6) is 0 Å². The molecule has 0 amide bonds. The minimum Gasteiger partial charge on any atom is -0.318 e. The highest BCUT2D eigenvalue weighted by molar-refractivity contribution is 4.84. The van der Waals surface area contributed by atoms with E-state index < -0.39 is 0 Å². The first-order valence-electron chi connectivity index (χ1n) is 5.91. The number of aryl methyl sites for hydroxylation is 1. The van der Waals surface area contributed by atoms with Crippen LogP contribution in [0, 0.1) is 0 Å². The molecule has 1 fully saturated rings. The molecule has 0 saturated carbocycles. The van der Waals surface area contributed by atoms with E-state index in [9.17, 15) is 0 Å². The van der Waals surface area contributed by atoms with Crippen molar-refractivity contribution >= 4 is 0 Å². The molecule has 6 nitrogen and oxygen atoms in total. The van der Waals surface area contributed by atoms with Crippen LogP contribution < -0.4 is 5.32 Å². The zero-order valence-electron chi connectivity index (χ0n) is 10.1. The maximum absolute atomic E-state index is 4.23. The molecule has 6 heteroatoms. The van der Waals surface area contributed by atoms with Gasteiger partial charge < -0.3 is 5.32 Å². The second-order valence-electron chi connectivity index (χ2n) is 4.37. The van der Waals surface area contributed by atoms with Gasteiger partial charge in [0.25, 0.3) is 0 Å². The van der Waals surface area contributed by atoms with E-state index in [-0.39, 0.29) is 0 Å². The van der Waals surface area contributed by atoms with Crippen LogP contribution in [0.25, 0.3) is 0 Å². The average molecular weight is 224 g/mol. The quantitative estimate of drug-likeness (QED) is 0.766. The van der Waals surface area contributed by atoms with E-state index in [2.05, 4.69) is 25.6 Å². The van der Waals surface area contributed by atoms with Gasteiger partial charge in [-0.15, -0.1) is 10.2 Å². The van der Waals surface area contributed by atoms with Crippen LogP contribution in [0.15, 0.2) is 0 Å². The van der Waals surface area contributed by atoms with E-state index in [1.165, 1.54) is 24.1 Å². The molecule has 1 N–H and O–H groups in total. The third-order valence-electron chi connectivity index (χ3n) is 3.08. The number of tetrazole rings is 1. The average Bonchev–Trinajstić information content (AvgIpc) is 2.67. The number of piperidine rings is 1. The van der Waals surface area contributed by atoms with Crippen molar-refractivity contribution in [3.8, 4) is 0 Å². The smallest absolute Gasteiger partial charge is 0.188 e. The molecule has 16 heavy (non-hydrogen) atoms. The minimum absolute atomic E-state index is 0.613. The molecular weight excluding hydrogens is 204 g/mol. The molecule has 0 radical (unpaired) electrons. The molecule has 1 unspecified atom stereocenters. The number of likely N-dealkylation sites (tertiary alicyclic amines) is 1. The number of aromatic nitrogens is 4. The number of hydrogen-bond acceptors (Lipinski definition) is 5. The first-order valence-corrected chi connectivity index (χ1v) is 5.91. The van der Waals surface area contributed by atoms with Crippen LogP contribution in [-0.4, -0.2) is 51.3 Å². The third-order valence-corrected chi connectivity index (χ3v) is 3.08. The van der Waals surface area contributed by atoms with Gasteiger partial charge in [-0.05, 0) is 31.6 Å². The fourth-order valence-corrected chi connectivity index (χ4v) is 2.30. The summed E-state index contributed by atoms with van der Waals surface area (Å²) < 4.78 is 0.